The summed E-state index contributed by atoms with van der Waals surface area (Å²) in [6.45, 7) is 0. The molecule has 0 rings (SSSR count). The van der Waals surface area contributed by atoms with Crippen LogP contribution in [0.2, 0.25) is 0 Å². The molecule has 0 saturated heterocycles. The van der Waals surface area contributed by atoms with Crippen LogP contribution in [0.4, 0.5) is 0 Å². The van der Waals surface area contributed by atoms with Crippen LogP contribution < -0.4 is 0 Å². The van der Waals surface area contributed by atoms with Gasteiger partial charge in [-0.05, 0) is 0 Å². The number of hydrogen-bond acceptors (Lipinski definition) is 2. The van der Waals surface area contributed by atoms with Gasteiger partial charge in [-0.1, -0.05) is 0 Å². The minimum absolute atomic E-state index is 0. The second-order valence-electron chi connectivity index (χ2n) is 0.102. The van der Waals surface area contributed by atoms with Crippen molar-refractivity contribution in [1.29, 1.82) is 5.41 Å². The van der Waals surface area contributed by atoms with Gasteiger partial charge < -0.3 is 0 Å². The summed E-state index contributed by atoms with van der Waals surface area (Å²) in [5.41, 5.74) is 0. The van der Waals surface area contributed by atoms with E-state index in [2.05, 4.69) is 0 Å². The summed E-state index contributed by atoms with van der Waals surface area (Å²) >= 11 is 0. The van der Waals surface area contributed by atoms with Crippen molar-refractivity contribution in [2.75, 3.05) is 0 Å². The third kappa shape index (κ3) is 84.4. The van der Waals surface area contributed by atoms with Gasteiger partial charge in [-0.25, -0.2) is 10.2 Å². The fourth-order valence-corrected chi connectivity index (χ4v) is 0. The quantitative estimate of drug-likeness (QED) is 0.289. The van der Waals surface area contributed by atoms with Gasteiger partial charge in [0.2, 0.25) is 6.08 Å². The first kappa shape index (κ1) is 28.2. The SMILES string of the molecule is Cl.Cl.N=C=O.[NaH]. The average molecular weight is 140 g/mol. The van der Waals surface area contributed by atoms with Gasteiger partial charge in [0.15, 0.2) is 0 Å². The molecule has 2 nitrogen and oxygen atoms in total. The molecular formula is CH4Cl2NNaO. The Morgan fingerprint density at radius 2 is 1.33 bits per heavy atom. The molecule has 0 heterocycles. The summed E-state index contributed by atoms with van der Waals surface area (Å²) in [5.74, 6) is 0. The van der Waals surface area contributed by atoms with E-state index in [9.17, 15) is 0 Å². The first-order valence-electron chi connectivity index (χ1n) is 0.454. The molecule has 0 radical (unpaired) electrons. The molecule has 0 atom stereocenters. The molecule has 0 saturated carbocycles. The monoisotopic (exact) mass is 139 g/mol. The van der Waals surface area contributed by atoms with Crippen molar-refractivity contribution in [3.8, 4) is 0 Å². The van der Waals surface area contributed by atoms with Crippen LogP contribution in [0.3, 0.4) is 0 Å². The van der Waals surface area contributed by atoms with E-state index in [1.165, 1.54) is 0 Å². The van der Waals surface area contributed by atoms with E-state index >= 15 is 0 Å². The van der Waals surface area contributed by atoms with Gasteiger partial charge in [0, 0.05) is 0 Å². The number of isocyanates is 1. The Bertz CT molecular complexity index is 34.5. The van der Waals surface area contributed by atoms with Crippen molar-refractivity contribution in [3.63, 3.8) is 0 Å². The summed E-state index contributed by atoms with van der Waals surface area (Å²) in [6.07, 6.45) is 0.750. The fourth-order valence-electron chi connectivity index (χ4n) is 0. The number of nitrogens with one attached hydrogen (secondary N) is 1. The van der Waals surface area contributed by atoms with Crippen LogP contribution in [0.15, 0.2) is 0 Å². The first-order valence-corrected chi connectivity index (χ1v) is 0.454. The Morgan fingerprint density at radius 3 is 1.33 bits per heavy atom. The molecular weight excluding hydrogens is 136 g/mol. The van der Waals surface area contributed by atoms with Crippen LogP contribution in [-0.4, -0.2) is 35.6 Å². The number of carbonyl (C=O) groups excluding carboxylic acids is 1. The standard InChI is InChI=1S/CHNO.2ClH.Na.H/c2-1-3;;;;/h2H;2*1H;;. The maximum atomic E-state index is 8.35. The van der Waals surface area contributed by atoms with Crippen molar-refractivity contribution in [3.05, 3.63) is 0 Å². The zero-order valence-electron chi connectivity index (χ0n) is 2.22. The predicted octanol–water partition coefficient (Wildman–Crippen LogP) is 0.0961. The predicted molar refractivity (Wildman–Crippen MR) is 30.1 cm³/mol. The molecule has 5 heteroatoms. The molecule has 0 fully saturated rings. The van der Waals surface area contributed by atoms with E-state index in [0.29, 0.717) is 0 Å². The molecule has 0 spiro atoms. The van der Waals surface area contributed by atoms with E-state index in [4.69, 9.17) is 10.2 Å². The molecule has 0 aromatic carbocycles. The number of halogens is 2. The number of hydrogen-bond donors (Lipinski definition) is 1. The second-order valence-corrected chi connectivity index (χ2v) is 0.102. The van der Waals surface area contributed by atoms with Crippen LogP contribution in [0.5, 0.6) is 0 Å². The van der Waals surface area contributed by atoms with Crippen LogP contribution in [0.25, 0.3) is 0 Å². The topological polar surface area (TPSA) is 40.9 Å². The van der Waals surface area contributed by atoms with Gasteiger partial charge in [0.25, 0.3) is 0 Å². The van der Waals surface area contributed by atoms with Crippen molar-refractivity contribution >= 4 is 60.5 Å². The van der Waals surface area contributed by atoms with E-state index < -0.39 is 0 Å². The summed E-state index contributed by atoms with van der Waals surface area (Å²) in [5, 5.41) is 5.40. The molecule has 0 bridgehead atoms. The molecule has 0 aromatic rings. The molecule has 0 aliphatic rings. The minimum atomic E-state index is 0. The van der Waals surface area contributed by atoms with E-state index in [0.717, 1.165) is 6.08 Å². The molecule has 1 N–H and O–H groups in total. The van der Waals surface area contributed by atoms with Gasteiger partial charge in [-0.2, -0.15) is 0 Å². The van der Waals surface area contributed by atoms with Crippen LogP contribution in [0.1, 0.15) is 0 Å². The van der Waals surface area contributed by atoms with Gasteiger partial charge in [-0.3, -0.25) is 0 Å². The van der Waals surface area contributed by atoms with Gasteiger partial charge >= 0.3 is 29.6 Å². The third-order valence-corrected chi connectivity index (χ3v) is 0. The second kappa shape index (κ2) is 38.2. The Labute approximate surface area is 70.3 Å². The van der Waals surface area contributed by atoms with E-state index in [1.54, 1.807) is 0 Å². The summed E-state index contributed by atoms with van der Waals surface area (Å²) in [4.78, 5) is 8.35. The van der Waals surface area contributed by atoms with Crippen molar-refractivity contribution in [1.82, 2.24) is 0 Å². The molecule has 0 aromatic heterocycles. The van der Waals surface area contributed by atoms with Gasteiger partial charge in [0.05, 0.1) is 0 Å². The Kier molecular flexibility index (Phi) is 180. The molecule has 0 aliphatic carbocycles. The van der Waals surface area contributed by atoms with Crippen LogP contribution >= 0.6 is 24.8 Å². The third-order valence-electron chi connectivity index (χ3n) is 0. The summed E-state index contributed by atoms with van der Waals surface area (Å²) < 4.78 is 0. The Hall–Kier alpha value is 0.960. The Morgan fingerprint density at radius 1 is 1.33 bits per heavy atom. The van der Waals surface area contributed by atoms with Gasteiger partial charge in [0.1, 0.15) is 0 Å². The van der Waals surface area contributed by atoms with Gasteiger partial charge in [-0.15, -0.1) is 24.8 Å². The first-order chi connectivity index (χ1) is 1.41. The zero-order chi connectivity index (χ0) is 2.71. The van der Waals surface area contributed by atoms with Crippen LogP contribution in [-0.2, 0) is 4.79 Å². The van der Waals surface area contributed by atoms with Crippen molar-refractivity contribution in [2.24, 2.45) is 0 Å². The molecule has 0 unspecified atom stereocenters. The van der Waals surface area contributed by atoms with E-state index in [-0.39, 0.29) is 54.4 Å². The zero-order valence-corrected chi connectivity index (χ0v) is 3.86. The average Bonchev–Trinajstić information content (AvgIpc) is 0.918. The molecule has 0 aliphatic heterocycles. The van der Waals surface area contributed by atoms with E-state index in [1.807, 2.05) is 0 Å². The van der Waals surface area contributed by atoms with Crippen molar-refractivity contribution in [2.45, 2.75) is 0 Å². The maximum absolute atomic E-state index is 8.35. The fraction of sp³-hybridized carbons (Fsp3) is 0. The number of rotatable bonds is 0. The van der Waals surface area contributed by atoms with Crippen molar-refractivity contribution < 1.29 is 4.79 Å². The normalized spacial score (nSPS) is 1.33. The summed E-state index contributed by atoms with van der Waals surface area (Å²) in [7, 11) is 0. The molecule has 6 heavy (non-hydrogen) atoms. The molecule has 34 valence electrons. The summed E-state index contributed by atoms with van der Waals surface area (Å²) in [6, 6.07) is 0. The molecule has 0 amide bonds. The Balaban J connectivity index is -0.00000000667. The van der Waals surface area contributed by atoms with Crippen LogP contribution in [0, 0.1) is 5.41 Å².